The normalized spacial score (nSPS) is 10.1. The minimum absolute atomic E-state index is 0.209. The number of hydrogen-bond acceptors (Lipinski definition) is 2. The van der Waals surface area contributed by atoms with Crippen LogP contribution in [-0.2, 0) is 0 Å². The van der Waals surface area contributed by atoms with Gasteiger partial charge in [-0.05, 0) is 48.5 Å². The van der Waals surface area contributed by atoms with Crippen LogP contribution in [0.5, 0.6) is 5.75 Å². The second-order valence-electron chi connectivity index (χ2n) is 3.23. The highest BCUT2D eigenvalue weighted by atomic mass is 32.2. The molecule has 0 saturated carbocycles. The second-order valence-corrected chi connectivity index (χ2v) is 4.38. The van der Waals surface area contributed by atoms with Gasteiger partial charge >= 0.3 is 0 Å². The molecule has 3 heteroatoms. The highest BCUT2D eigenvalue weighted by Crippen LogP contribution is 2.28. The summed E-state index contributed by atoms with van der Waals surface area (Å²) in [4.78, 5) is 2.12. The molecule has 0 N–H and O–H groups in total. The first-order valence-electron chi connectivity index (χ1n) is 4.85. The van der Waals surface area contributed by atoms with Crippen molar-refractivity contribution in [1.82, 2.24) is 0 Å². The van der Waals surface area contributed by atoms with E-state index in [1.165, 1.54) is 12.1 Å². The van der Waals surface area contributed by atoms with Gasteiger partial charge in [-0.3, -0.25) is 0 Å². The minimum Gasteiger partial charge on any atom is -0.497 e. The van der Waals surface area contributed by atoms with Gasteiger partial charge in [0.25, 0.3) is 0 Å². The third kappa shape index (κ3) is 2.76. The Morgan fingerprint density at radius 1 is 0.875 bits per heavy atom. The van der Waals surface area contributed by atoms with Crippen molar-refractivity contribution in [3.8, 4) is 5.75 Å². The maximum Gasteiger partial charge on any atom is 0.123 e. The molecule has 82 valence electrons. The number of rotatable bonds is 3. The highest BCUT2D eigenvalue weighted by Gasteiger charge is 1.98. The fraction of sp³-hybridized carbons (Fsp3) is 0.0769. The van der Waals surface area contributed by atoms with Gasteiger partial charge in [-0.25, -0.2) is 4.39 Å². The summed E-state index contributed by atoms with van der Waals surface area (Å²) in [6.45, 7) is 0. The van der Waals surface area contributed by atoms with Crippen LogP contribution in [0.1, 0.15) is 0 Å². The average Bonchev–Trinajstić information content (AvgIpc) is 2.33. The summed E-state index contributed by atoms with van der Waals surface area (Å²) < 4.78 is 17.8. The molecule has 2 rings (SSSR count). The van der Waals surface area contributed by atoms with Crippen molar-refractivity contribution in [3.05, 3.63) is 54.3 Å². The average molecular weight is 234 g/mol. The lowest BCUT2D eigenvalue weighted by Gasteiger charge is -2.03. The van der Waals surface area contributed by atoms with Crippen molar-refractivity contribution in [2.75, 3.05) is 7.11 Å². The van der Waals surface area contributed by atoms with Crippen molar-refractivity contribution in [3.63, 3.8) is 0 Å². The van der Waals surface area contributed by atoms with E-state index in [4.69, 9.17) is 4.74 Å². The van der Waals surface area contributed by atoms with Gasteiger partial charge in [-0.2, -0.15) is 0 Å². The summed E-state index contributed by atoms with van der Waals surface area (Å²) in [6.07, 6.45) is 0. The Bertz CT molecular complexity index is 450. The smallest absolute Gasteiger partial charge is 0.123 e. The van der Waals surface area contributed by atoms with Crippen LogP contribution in [-0.4, -0.2) is 7.11 Å². The quantitative estimate of drug-likeness (QED) is 0.794. The van der Waals surface area contributed by atoms with Gasteiger partial charge in [0.15, 0.2) is 0 Å². The molecule has 0 aliphatic rings. The Labute approximate surface area is 98.3 Å². The Hall–Kier alpha value is -1.48. The van der Waals surface area contributed by atoms with E-state index in [9.17, 15) is 4.39 Å². The van der Waals surface area contributed by atoms with Gasteiger partial charge in [0, 0.05) is 9.79 Å². The molecule has 2 aromatic rings. The van der Waals surface area contributed by atoms with Crippen LogP contribution in [0, 0.1) is 5.82 Å². The minimum atomic E-state index is -0.209. The van der Waals surface area contributed by atoms with Gasteiger partial charge in [0.2, 0.25) is 0 Å². The van der Waals surface area contributed by atoms with Gasteiger partial charge in [-0.1, -0.05) is 11.8 Å². The standard InChI is InChI=1S/C13H11FOS/c1-15-11-4-8-13(9-5-11)16-12-6-2-10(14)3-7-12/h2-9H,1H3. The Balaban J connectivity index is 2.11. The molecule has 0 aliphatic heterocycles. The first-order chi connectivity index (χ1) is 7.78. The Morgan fingerprint density at radius 2 is 1.38 bits per heavy atom. The van der Waals surface area contributed by atoms with Gasteiger partial charge in [-0.15, -0.1) is 0 Å². The molecule has 0 fully saturated rings. The van der Waals surface area contributed by atoms with Gasteiger partial charge in [0.1, 0.15) is 11.6 Å². The zero-order valence-corrected chi connectivity index (χ0v) is 9.63. The summed E-state index contributed by atoms with van der Waals surface area (Å²) in [7, 11) is 1.64. The van der Waals surface area contributed by atoms with Crippen molar-refractivity contribution < 1.29 is 9.13 Å². The monoisotopic (exact) mass is 234 g/mol. The molecule has 1 nitrogen and oxygen atoms in total. The first-order valence-corrected chi connectivity index (χ1v) is 5.67. The topological polar surface area (TPSA) is 9.23 Å². The van der Waals surface area contributed by atoms with Crippen LogP contribution in [0.2, 0.25) is 0 Å². The van der Waals surface area contributed by atoms with Gasteiger partial charge < -0.3 is 4.74 Å². The molecule has 0 aromatic heterocycles. The van der Waals surface area contributed by atoms with Crippen LogP contribution in [0.15, 0.2) is 58.3 Å². The molecule has 0 spiro atoms. The highest BCUT2D eigenvalue weighted by molar-refractivity contribution is 7.99. The number of hydrogen-bond donors (Lipinski definition) is 0. The van der Waals surface area contributed by atoms with Crippen LogP contribution < -0.4 is 4.74 Å². The lowest BCUT2D eigenvalue weighted by atomic mass is 10.3. The predicted octanol–water partition coefficient (Wildman–Crippen LogP) is 3.99. The van der Waals surface area contributed by atoms with Crippen LogP contribution in [0.3, 0.4) is 0 Å². The van der Waals surface area contributed by atoms with Crippen LogP contribution in [0.4, 0.5) is 4.39 Å². The molecule has 0 bridgehead atoms. The number of ether oxygens (including phenoxy) is 1. The fourth-order valence-corrected chi connectivity index (χ4v) is 2.10. The molecule has 0 heterocycles. The molecule has 0 saturated heterocycles. The third-order valence-electron chi connectivity index (χ3n) is 2.11. The van der Waals surface area contributed by atoms with E-state index in [2.05, 4.69) is 0 Å². The molecule has 16 heavy (non-hydrogen) atoms. The number of halogens is 1. The predicted molar refractivity (Wildman–Crippen MR) is 63.5 cm³/mol. The SMILES string of the molecule is COc1ccc(Sc2ccc(F)cc2)cc1. The van der Waals surface area contributed by atoms with E-state index in [0.717, 1.165) is 15.5 Å². The van der Waals surface area contributed by atoms with E-state index in [1.807, 2.05) is 24.3 Å². The van der Waals surface area contributed by atoms with Gasteiger partial charge in [0.05, 0.1) is 7.11 Å². The molecule has 0 amide bonds. The zero-order chi connectivity index (χ0) is 11.4. The van der Waals surface area contributed by atoms with Crippen molar-refractivity contribution in [2.24, 2.45) is 0 Å². The third-order valence-corrected chi connectivity index (χ3v) is 3.12. The van der Waals surface area contributed by atoms with E-state index in [0.29, 0.717) is 0 Å². The lowest BCUT2D eigenvalue weighted by Crippen LogP contribution is -1.81. The maximum absolute atomic E-state index is 12.7. The Kier molecular flexibility index (Phi) is 3.47. The molecule has 0 aliphatic carbocycles. The second kappa shape index (κ2) is 5.03. The summed E-state index contributed by atoms with van der Waals surface area (Å²) in [6, 6.07) is 14.2. The van der Waals surface area contributed by atoms with E-state index < -0.39 is 0 Å². The first kappa shape index (κ1) is 11.0. The molecular formula is C13H11FOS. The summed E-state index contributed by atoms with van der Waals surface area (Å²) >= 11 is 1.59. The summed E-state index contributed by atoms with van der Waals surface area (Å²) in [5.74, 6) is 0.627. The molecule has 2 aromatic carbocycles. The molecule has 0 unspecified atom stereocenters. The largest absolute Gasteiger partial charge is 0.497 e. The molecule has 0 atom stereocenters. The van der Waals surface area contributed by atoms with Crippen LogP contribution >= 0.6 is 11.8 Å². The fourth-order valence-electron chi connectivity index (χ4n) is 1.28. The number of benzene rings is 2. The summed E-state index contributed by atoms with van der Waals surface area (Å²) in [5, 5.41) is 0. The van der Waals surface area contributed by atoms with Crippen LogP contribution in [0.25, 0.3) is 0 Å². The van der Waals surface area contributed by atoms with Crippen molar-refractivity contribution in [1.29, 1.82) is 0 Å². The van der Waals surface area contributed by atoms with E-state index >= 15 is 0 Å². The molecular weight excluding hydrogens is 223 g/mol. The maximum atomic E-state index is 12.7. The zero-order valence-electron chi connectivity index (χ0n) is 8.81. The number of methoxy groups -OCH3 is 1. The Morgan fingerprint density at radius 3 is 1.88 bits per heavy atom. The molecule has 0 radical (unpaired) electrons. The van der Waals surface area contributed by atoms with E-state index in [1.54, 1.807) is 31.0 Å². The van der Waals surface area contributed by atoms with Crippen molar-refractivity contribution in [2.45, 2.75) is 9.79 Å². The summed E-state index contributed by atoms with van der Waals surface area (Å²) in [5.41, 5.74) is 0. The lowest BCUT2D eigenvalue weighted by molar-refractivity contribution is 0.414. The van der Waals surface area contributed by atoms with E-state index in [-0.39, 0.29) is 5.82 Å². The van der Waals surface area contributed by atoms with Crippen molar-refractivity contribution >= 4 is 11.8 Å².